The van der Waals surface area contributed by atoms with Gasteiger partial charge in [-0.05, 0) is 60.6 Å². The van der Waals surface area contributed by atoms with Crippen molar-refractivity contribution in [2.45, 2.75) is 63.6 Å². The highest BCUT2D eigenvalue weighted by molar-refractivity contribution is 7.98. The fourth-order valence-electron chi connectivity index (χ4n) is 6.27. The van der Waals surface area contributed by atoms with Crippen LogP contribution in [0.2, 0.25) is 5.02 Å². The van der Waals surface area contributed by atoms with Crippen LogP contribution in [0.3, 0.4) is 0 Å². The van der Waals surface area contributed by atoms with Crippen LogP contribution in [0.5, 0.6) is 5.88 Å². The molecule has 1 aromatic heterocycles. The number of hydrogen-bond donors (Lipinski definition) is 1. The Hall–Kier alpha value is -2.57. The molecule has 1 aliphatic heterocycles. The van der Waals surface area contributed by atoms with Crippen molar-refractivity contribution in [2.75, 3.05) is 5.32 Å². The lowest BCUT2D eigenvalue weighted by Gasteiger charge is -2.48. The summed E-state index contributed by atoms with van der Waals surface area (Å²) in [5.74, 6) is 2.68. The zero-order valence-electron chi connectivity index (χ0n) is 21.6. The summed E-state index contributed by atoms with van der Waals surface area (Å²) in [6.07, 6.45) is 7.02. The topological polar surface area (TPSA) is 59.9 Å². The van der Waals surface area contributed by atoms with E-state index < -0.39 is 0 Å². The van der Waals surface area contributed by atoms with Crippen LogP contribution >= 0.6 is 23.4 Å². The van der Waals surface area contributed by atoms with Crippen molar-refractivity contribution in [3.05, 3.63) is 70.8 Å². The van der Waals surface area contributed by atoms with Crippen molar-refractivity contribution >= 4 is 29.1 Å². The highest BCUT2D eigenvalue weighted by Gasteiger charge is 2.44. The number of nitrogens with one attached hydrogen (secondary N) is 1. The minimum Gasteiger partial charge on any atom is -0.452 e. The number of benzene rings is 2. The predicted octanol–water partition coefficient (Wildman–Crippen LogP) is 8.02. The molecule has 6 rings (SSSR count). The Morgan fingerprint density at radius 3 is 2.78 bits per heavy atom. The molecule has 4 atom stereocenters. The number of nitrogens with zero attached hydrogens (tertiary/aromatic N) is 3. The van der Waals surface area contributed by atoms with Gasteiger partial charge in [-0.15, -0.1) is 10.2 Å². The van der Waals surface area contributed by atoms with Crippen molar-refractivity contribution in [2.24, 2.45) is 23.2 Å². The van der Waals surface area contributed by atoms with Crippen LogP contribution in [-0.4, -0.2) is 21.4 Å². The van der Waals surface area contributed by atoms with Crippen molar-refractivity contribution in [1.29, 1.82) is 0 Å². The molecule has 3 aliphatic rings. The van der Waals surface area contributed by atoms with Gasteiger partial charge in [0.05, 0.1) is 0 Å². The molecule has 192 valence electrons. The number of anilines is 1. The van der Waals surface area contributed by atoms with E-state index in [2.05, 4.69) is 60.6 Å². The number of para-hydroxylation sites is 1. The molecule has 37 heavy (non-hydrogen) atoms. The average molecular weight is 533 g/mol. The highest BCUT2D eigenvalue weighted by atomic mass is 35.5. The van der Waals surface area contributed by atoms with Gasteiger partial charge in [0.25, 0.3) is 0 Å². The number of thioether (sulfide) groups is 1. The lowest BCUT2D eigenvalue weighted by molar-refractivity contribution is 0.0519. The third-order valence-electron chi connectivity index (χ3n) is 8.44. The molecule has 5 nitrogen and oxygen atoms in total. The van der Waals surface area contributed by atoms with Gasteiger partial charge in [-0.3, -0.25) is 0 Å². The minimum atomic E-state index is -0.185. The third kappa shape index (κ3) is 4.86. The second kappa shape index (κ2) is 9.95. The Morgan fingerprint density at radius 2 is 1.92 bits per heavy atom. The second-order valence-corrected chi connectivity index (χ2v) is 12.6. The van der Waals surface area contributed by atoms with E-state index in [1.807, 2.05) is 30.3 Å². The predicted molar refractivity (Wildman–Crippen MR) is 151 cm³/mol. The molecule has 1 N–H and O–H groups in total. The Balaban J connectivity index is 1.31. The van der Waals surface area contributed by atoms with Gasteiger partial charge in [-0.1, -0.05) is 92.2 Å². The number of hydrogen-bond acceptors (Lipinski definition) is 6. The number of ether oxygens (including phenoxy) is 1. The van der Waals surface area contributed by atoms with Gasteiger partial charge >= 0.3 is 0 Å². The smallest absolute Gasteiger partial charge is 0.247 e. The van der Waals surface area contributed by atoms with Crippen molar-refractivity contribution < 1.29 is 4.74 Å². The summed E-state index contributed by atoms with van der Waals surface area (Å²) in [7, 11) is 0. The molecule has 2 aromatic carbocycles. The normalized spacial score (nSPS) is 25.9. The van der Waals surface area contributed by atoms with E-state index in [1.165, 1.54) is 24.6 Å². The maximum absolute atomic E-state index is 6.73. The van der Waals surface area contributed by atoms with Crippen LogP contribution in [0, 0.1) is 23.2 Å². The Kier molecular flexibility index (Phi) is 6.66. The maximum Gasteiger partial charge on any atom is 0.247 e. The summed E-state index contributed by atoms with van der Waals surface area (Å²) in [5.41, 5.74) is 5.70. The molecule has 0 spiro atoms. The molecule has 0 bridgehead atoms. The first-order valence-electron chi connectivity index (χ1n) is 13.2. The van der Waals surface area contributed by atoms with Gasteiger partial charge < -0.3 is 10.1 Å². The molecular weight excluding hydrogens is 500 g/mol. The Labute approximate surface area is 228 Å². The van der Waals surface area contributed by atoms with E-state index >= 15 is 0 Å². The van der Waals surface area contributed by atoms with Crippen LogP contribution in [0.15, 0.2) is 65.3 Å². The SMILES string of the molecule is CC1CC2=CCCC(C)(C)C2CC1C1Nc2ccccc2-c2nnc(SCc3ccccc3Cl)nc2O1. The monoisotopic (exact) mass is 532 g/mol. The van der Waals surface area contributed by atoms with Crippen LogP contribution in [0.1, 0.15) is 52.0 Å². The van der Waals surface area contributed by atoms with Gasteiger partial charge in [-0.2, -0.15) is 4.98 Å². The second-order valence-electron chi connectivity index (χ2n) is 11.3. The average Bonchev–Trinajstić information content (AvgIpc) is 3.04. The quantitative estimate of drug-likeness (QED) is 0.271. The van der Waals surface area contributed by atoms with E-state index in [0.717, 1.165) is 34.7 Å². The van der Waals surface area contributed by atoms with E-state index in [9.17, 15) is 0 Å². The van der Waals surface area contributed by atoms with E-state index in [1.54, 1.807) is 5.57 Å². The summed E-state index contributed by atoms with van der Waals surface area (Å²) in [5, 5.41) is 14.1. The molecule has 1 fully saturated rings. The maximum atomic E-state index is 6.73. The summed E-state index contributed by atoms with van der Waals surface area (Å²) in [6.45, 7) is 7.24. The van der Waals surface area contributed by atoms with E-state index in [4.69, 9.17) is 21.3 Å². The summed E-state index contributed by atoms with van der Waals surface area (Å²) in [6, 6.07) is 16.1. The first-order chi connectivity index (χ1) is 17.9. The molecule has 7 heteroatoms. The first-order valence-corrected chi connectivity index (χ1v) is 14.6. The molecule has 0 radical (unpaired) electrons. The fraction of sp³-hybridized carbons (Fsp3) is 0.433. The van der Waals surface area contributed by atoms with Crippen molar-refractivity contribution in [3.8, 4) is 17.1 Å². The molecule has 0 amide bonds. The van der Waals surface area contributed by atoms with Crippen LogP contribution < -0.4 is 10.1 Å². The zero-order valence-corrected chi connectivity index (χ0v) is 23.1. The fourth-order valence-corrected chi connectivity index (χ4v) is 7.34. The minimum absolute atomic E-state index is 0.185. The molecule has 1 saturated carbocycles. The van der Waals surface area contributed by atoms with Gasteiger partial charge in [0.1, 0.15) is 0 Å². The number of fused-ring (bicyclic) bond motifs is 4. The number of allylic oxidation sites excluding steroid dienone is 2. The van der Waals surface area contributed by atoms with Gasteiger partial charge in [-0.25, -0.2) is 0 Å². The molecule has 2 heterocycles. The Bertz CT molecular complexity index is 1340. The molecule has 2 aliphatic carbocycles. The summed E-state index contributed by atoms with van der Waals surface area (Å²) >= 11 is 7.89. The van der Waals surface area contributed by atoms with Crippen molar-refractivity contribution in [1.82, 2.24) is 15.2 Å². The summed E-state index contributed by atoms with van der Waals surface area (Å²) in [4.78, 5) is 4.87. The van der Waals surface area contributed by atoms with E-state index in [0.29, 0.717) is 45.7 Å². The van der Waals surface area contributed by atoms with Crippen LogP contribution in [0.25, 0.3) is 11.3 Å². The molecule has 3 aromatic rings. The first kappa shape index (κ1) is 24.7. The van der Waals surface area contributed by atoms with Crippen LogP contribution in [0.4, 0.5) is 5.69 Å². The molecule has 0 saturated heterocycles. The number of halogens is 1. The molecule has 4 unspecified atom stereocenters. The highest BCUT2D eigenvalue weighted by Crippen LogP contribution is 2.52. The van der Waals surface area contributed by atoms with Gasteiger partial charge in [0, 0.05) is 27.9 Å². The number of rotatable bonds is 4. The zero-order chi connectivity index (χ0) is 25.6. The van der Waals surface area contributed by atoms with Crippen LogP contribution in [-0.2, 0) is 5.75 Å². The standard InChI is InChI=1S/C30H33ClN4OS/c1-18-15-19-10-8-14-30(2,3)23(19)16-22(18)27-32-25-13-7-5-11-21(25)26-28(36-27)33-29(35-34-26)37-17-20-9-4-6-12-24(20)31/h4-7,9-13,18,22-23,27,32H,8,14-17H2,1-3H3. The van der Waals surface area contributed by atoms with Gasteiger partial charge in [0.2, 0.25) is 11.0 Å². The van der Waals surface area contributed by atoms with Crippen molar-refractivity contribution in [3.63, 3.8) is 0 Å². The van der Waals surface area contributed by atoms with Gasteiger partial charge in [0.15, 0.2) is 11.9 Å². The lowest BCUT2D eigenvalue weighted by Crippen LogP contribution is -2.45. The molecular formula is C30H33ClN4OS. The third-order valence-corrected chi connectivity index (χ3v) is 9.70. The van der Waals surface area contributed by atoms with E-state index in [-0.39, 0.29) is 6.23 Å². The number of aromatic nitrogens is 3. The summed E-state index contributed by atoms with van der Waals surface area (Å²) < 4.78 is 6.73. The lowest BCUT2D eigenvalue weighted by atomic mass is 9.59. The largest absolute Gasteiger partial charge is 0.452 e. The Morgan fingerprint density at radius 1 is 1.11 bits per heavy atom.